The molecule has 1 N–H and O–H groups in total. The number of esters is 1. The maximum Gasteiger partial charge on any atom is 0.335 e. The number of rotatable bonds is 8. The van der Waals surface area contributed by atoms with E-state index in [1.807, 2.05) is 6.92 Å². The van der Waals surface area contributed by atoms with Crippen LogP contribution in [0.3, 0.4) is 0 Å². The molecule has 0 fully saturated rings. The molecular formula is C11H20O4. The van der Waals surface area contributed by atoms with Crippen LogP contribution in [0.2, 0.25) is 0 Å². The minimum Gasteiger partial charge on any atom is -0.462 e. The topological polar surface area (TPSA) is 55.8 Å². The van der Waals surface area contributed by atoms with Crippen molar-refractivity contribution in [2.24, 2.45) is 0 Å². The van der Waals surface area contributed by atoms with Gasteiger partial charge in [0.1, 0.15) is 0 Å². The molecule has 4 heteroatoms. The molecule has 0 saturated carbocycles. The van der Waals surface area contributed by atoms with Crippen molar-refractivity contribution in [3.63, 3.8) is 0 Å². The number of hydrogen-bond donors (Lipinski definition) is 1. The van der Waals surface area contributed by atoms with Gasteiger partial charge in [-0.1, -0.05) is 19.9 Å². The normalized spacial score (nSPS) is 12.2. The van der Waals surface area contributed by atoms with E-state index in [0.29, 0.717) is 6.61 Å². The molecule has 0 saturated heterocycles. The lowest BCUT2D eigenvalue weighted by Crippen LogP contribution is -2.16. The maximum absolute atomic E-state index is 11.2. The lowest BCUT2D eigenvalue weighted by molar-refractivity contribution is -0.139. The van der Waals surface area contributed by atoms with E-state index in [9.17, 15) is 4.79 Å². The lowest BCUT2D eigenvalue weighted by Gasteiger charge is -2.08. The summed E-state index contributed by atoms with van der Waals surface area (Å²) < 4.78 is 9.95. The van der Waals surface area contributed by atoms with E-state index >= 15 is 0 Å². The zero-order valence-electron chi connectivity index (χ0n) is 9.49. The molecule has 0 aliphatic rings. The highest BCUT2D eigenvalue weighted by Gasteiger charge is 2.08. The summed E-state index contributed by atoms with van der Waals surface area (Å²) in [5.74, 6) is -0.422. The number of aliphatic hydroxyl groups is 1. The number of aliphatic hydroxyl groups excluding tert-OH is 1. The Labute approximate surface area is 90.9 Å². The molecule has 4 nitrogen and oxygen atoms in total. The summed E-state index contributed by atoms with van der Waals surface area (Å²) in [6.07, 6.45) is 1.31. The van der Waals surface area contributed by atoms with Crippen molar-refractivity contribution in [1.82, 2.24) is 0 Å². The van der Waals surface area contributed by atoms with E-state index < -0.39 is 12.1 Å². The molecule has 0 aromatic heterocycles. The third-order valence-corrected chi connectivity index (χ3v) is 1.66. The third-order valence-electron chi connectivity index (χ3n) is 1.66. The van der Waals surface area contributed by atoms with Gasteiger partial charge in [0.25, 0.3) is 0 Å². The van der Waals surface area contributed by atoms with E-state index in [1.165, 1.54) is 0 Å². The van der Waals surface area contributed by atoms with E-state index in [1.54, 1.807) is 6.92 Å². The van der Waals surface area contributed by atoms with Crippen molar-refractivity contribution in [2.45, 2.75) is 32.8 Å². The molecule has 0 aliphatic carbocycles. The molecular weight excluding hydrogens is 196 g/mol. The van der Waals surface area contributed by atoms with Crippen molar-refractivity contribution in [2.75, 3.05) is 19.8 Å². The lowest BCUT2D eigenvalue weighted by atomic mass is 10.3. The molecule has 1 unspecified atom stereocenters. The van der Waals surface area contributed by atoms with Gasteiger partial charge >= 0.3 is 5.97 Å². The van der Waals surface area contributed by atoms with Gasteiger partial charge in [0.15, 0.2) is 0 Å². The number of hydrogen-bond acceptors (Lipinski definition) is 4. The van der Waals surface area contributed by atoms with Crippen LogP contribution in [-0.4, -0.2) is 37.0 Å². The highest BCUT2D eigenvalue weighted by Crippen LogP contribution is 1.98. The Hall–Kier alpha value is -0.870. The SMILES string of the molecule is C=C(COCC(C)O)C(=O)OCCCC. The monoisotopic (exact) mass is 216 g/mol. The number of carbonyl (C=O) groups excluding carboxylic acids is 1. The van der Waals surface area contributed by atoms with Crippen molar-refractivity contribution < 1.29 is 19.4 Å². The zero-order chi connectivity index (χ0) is 11.7. The molecule has 88 valence electrons. The van der Waals surface area contributed by atoms with Crippen molar-refractivity contribution in [3.05, 3.63) is 12.2 Å². The summed E-state index contributed by atoms with van der Waals surface area (Å²) in [5, 5.41) is 8.91. The van der Waals surface area contributed by atoms with E-state index in [0.717, 1.165) is 12.8 Å². The zero-order valence-corrected chi connectivity index (χ0v) is 9.49. The fourth-order valence-electron chi connectivity index (χ4n) is 0.823. The van der Waals surface area contributed by atoms with E-state index in [2.05, 4.69) is 6.58 Å². The first-order valence-corrected chi connectivity index (χ1v) is 5.18. The largest absolute Gasteiger partial charge is 0.462 e. The van der Waals surface area contributed by atoms with Crippen LogP contribution in [0.4, 0.5) is 0 Å². The van der Waals surface area contributed by atoms with Gasteiger partial charge in [-0.25, -0.2) is 4.79 Å². The van der Waals surface area contributed by atoms with E-state index in [-0.39, 0.29) is 18.8 Å². The Bertz CT molecular complexity index is 199. The summed E-state index contributed by atoms with van der Waals surface area (Å²) in [7, 11) is 0. The third kappa shape index (κ3) is 8.15. The fraction of sp³-hybridized carbons (Fsp3) is 0.727. The summed E-state index contributed by atoms with van der Waals surface area (Å²) in [6, 6.07) is 0. The highest BCUT2D eigenvalue weighted by molar-refractivity contribution is 5.87. The van der Waals surface area contributed by atoms with Crippen LogP contribution in [0.1, 0.15) is 26.7 Å². The summed E-state index contributed by atoms with van der Waals surface area (Å²) in [5.41, 5.74) is 0.284. The Morgan fingerprint density at radius 3 is 2.73 bits per heavy atom. The summed E-state index contributed by atoms with van der Waals surface area (Å²) in [4.78, 5) is 11.2. The molecule has 1 atom stereocenters. The number of ether oxygens (including phenoxy) is 2. The quantitative estimate of drug-likeness (QED) is 0.377. The van der Waals surface area contributed by atoms with Crippen LogP contribution in [0, 0.1) is 0 Å². The molecule has 0 spiro atoms. The first-order chi connectivity index (χ1) is 7.07. The van der Waals surface area contributed by atoms with Crippen LogP contribution >= 0.6 is 0 Å². The van der Waals surface area contributed by atoms with Gasteiger partial charge in [-0.3, -0.25) is 0 Å². The van der Waals surface area contributed by atoms with Crippen molar-refractivity contribution >= 4 is 5.97 Å². The second-order valence-electron chi connectivity index (χ2n) is 3.46. The van der Waals surface area contributed by atoms with Crippen LogP contribution in [0.15, 0.2) is 12.2 Å². The molecule has 0 bridgehead atoms. The van der Waals surface area contributed by atoms with Gasteiger partial charge < -0.3 is 14.6 Å². The van der Waals surface area contributed by atoms with Crippen LogP contribution in [0.25, 0.3) is 0 Å². The predicted molar refractivity (Wildman–Crippen MR) is 57.5 cm³/mol. The van der Waals surface area contributed by atoms with Gasteiger partial charge in [-0.15, -0.1) is 0 Å². The predicted octanol–water partition coefficient (Wildman–Crippen LogP) is 1.28. The standard InChI is InChI=1S/C11H20O4/c1-4-5-6-15-11(13)9(2)7-14-8-10(3)12/h10,12H,2,4-8H2,1,3H3. The minimum atomic E-state index is -0.533. The van der Waals surface area contributed by atoms with Gasteiger partial charge in [-0.05, 0) is 13.3 Å². The number of carbonyl (C=O) groups is 1. The molecule has 0 aliphatic heterocycles. The minimum absolute atomic E-state index is 0.107. The second kappa shape index (κ2) is 8.44. The fourth-order valence-corrected chi connectivity index (χ4v) is 0.823. The smallest absolute Gasteiger partial charge is 0.335 e. The van der Waals surface area contributed by atoms with Crippen molar-refractivity contribution in [3.8, 4) is 0 Å². The first kappa shape index (κ1) is 14.1. The molecule has 0 radical (unpaired) electrons. The summed E-state index contributed by atoms with van der Waals surface area (Å²) >= 11 is 0. The molecule has 0 rings (SSSR count). The van der Waals surface area contributed by atoms with E-state index in [4.69, 9.17) is 14.6 Å². The van der Waals surface area contributed by atoms with Crippen LogP contribution in [0.5, 0.6) is 0 Å². The number of unbranched alkanes of at least 4 members (excludes halogenated alkanes) is 1. The Balaban J connectivity index is 3.56. The van der Waals surface area contributed by atoms with Gasteiger partial charge in [0.2, 0.25) is 0 Å². The maximum atomic E-state index is 11.2. The van der Waals surface area contributed by atoms with Gasteiger partial charge in [0, 0.05) is 0 Å². The highest BCUT2D eigenvalue weighted by atomic mass is 16.5. The molecule has 0 aromatic carbocycles. The van der Waals surface area contributed by atoms with Crippen LogP contribution in [-0.2, 0) is 14.3 Å². The first-order valence-electron chi connectivity index (χ1n) is 5.18. The Kier molecular flexibility index (Phi) is 7.95. The molecule has 0 amide bonds. The summed E-state index contributed by atoms with van der Waals surface area (Å²) in [6.45, 7) is 7.91. The average molecular weight is 216 g/mol. The molecule has 0 heterocycles. The van der Waals surface area contributed by atoms with Crippen molar-refractivity contribution in [1.29, 1.82) is 0 Å². The average Bonchev–Trinajstić information content (AvgIpc) is 2.17. The molecule has 15 heavy (non-hydrogen) atoms. The van der Waals surface area contributed by atoms with Crippen LogP contribution < -0.4 is 0 Å². The Morgan fingerprint density at radius 1 is 1.53 bits per heavy atom. The van der Waals surface area contributed by atoms with Gasteiger partial charge in [0.05, 0.1) is 31.5 Å². The second-order valence-corrected chi connectivity index (χ2v) is 3.46. The molecule has 0 aromatic rings. The Morgan fingerprint density at radius 2 is 2.20 bits per heavy atom. The van der Waals surface area contributed by atoms with Gasteiger partial charge in [-0.2, -0.15) is 0 Å².